The van der Waals surface area contributed by atoms with Crippen molar-refractivity contribution in [2.24, 2.45) is 0 Å². The molecule has 0 aromatic heterocycles. The number of halogens is 2. The molecule has 1 N–H and O–H groups in total. The van der Waals surface area contributed by atoms with E-state index in [0.717, 1.165) is 17.6 Å². The summed E-state index contributed by atoms with van der Waals surface area (Å²) in [6.45, 7) is 0.974. The smallest absolute Gasteiger partial charge is 0.0406 e. The Balaban J connectivity index is 0.00000112. The van der Waals surface area contributed by atoms with Crippen LogP contribution in [0.5, 0.6) is 0 Å². The van der Waals surface area contributed by atoms with Crippen LogP contribution in [0.4, 0.5) is 0 Å². The average molecular weight is 246 g/mol. The Hall–Kier alpha value is -0.240. The quantitative estimate of drug-likeness (QED) is 0.855. The van der Waals surface area contributed by atoms with Crippen LogP contribution >= 0.6 is 24.0 Å². The van der Waals surface area contributed by atoms with Gasteiger partial charge in [0.25, 0.3) is 0 Å². The van der Waals surface area contributed by atoms with Crippen molar-refractivity contribution in [3.8, 4) is 0 Å². The van der Waals surface area contributed by atoms with E-state index in [1.165, 1.54) is 31.2 Å². The maximum absolute atomic E-state index is 5.82. The third-order valence-corrected chi connectivity index (χ3v) is 3.12. The molecule has 0 saturated heterocycles. The molecule has 3 heteroatoms. The second-order valence-electron chi connectivity index (χ2n) is 3.99. The zero-order valence-electron chi connectivity index (χ0n) is 8.71. The molecule has 2 rings (SSSR count). The molecule has 1 aliphatic rings. The van der Waals surface area contributed by atoms with E-state index in [9.17, 15) is 0 Å². The summed E-state index contributed by atoms with van der Waals surface area (Å²) in [5.74, 6) is 0. The highest BCUT2D eigenvalue weighted by Gasteiger charge is 2.13. The molecule has 0 atom stereocenters. The Morgan fingerprint density at radius 2 is 1.73 bits per heavy atom. The molecule has 1 aliphatic carbocycles. The van der Waals surface area contributed by atoms with E-state index in [-0.39, 0.29) is 12.4 Å². The predicted octanol–water partition coefficient (Wildman–Crippen LogP) is 3.79. The molecule has 84 valence electrons. The van der Waals surface area contributed by atoms with Crippen molar-refractivity contribution < 1.29 is 0 Å². The lowest BCUT2D eigenvalue weighted by molar-refractivity contribution is 0.524. The van der Waals surface area contributed by atoms with Crippen molar-refractivity contribution in [3.05, 3.63) is 34.9 Å². The van der Waals surface area contributed by atoms with Gasteiger partial charge in [0.2, 0.25) is 0 Å². The van der Waals surface area contributed by atoms with Gasteiger partial charge in [0, 0.05) is 17.6 Å². The molecule has 1 aromatic rings. The Kier molecular flexibility index (Phi) is 5.44. The normalized spacial score (nSPS) is 16.3. The van der Waals surface area contributed by atoms with Gasteiger partial charge in [-0.05, 0) is 30.5 Å². The van der Waals surface area contributed by atoms with Crippen molar-refractivity contribution in [1.82, 2.24) is 5.32 Å². The van der Waals surface area contributed by atoms with Crippen molar-refractivity contribution in [2.75, 3.05) is 0 Å². The summed E-state index contributed by atoms with van der Waals surface area (Å²) in [6, 6.07) is 8.82. The van der Waals surface area contributed by atoms with Gasteiger partial charge >= 0.3 is 0 Å². The number of hydrogen-bond acceptors (Lipinski definition) is 1. The molecule has 1 nitrogen and oxygen atoms in total. The summed E-state index contributed by atoms with van der Waals surface area (Å²) >= 11 is 5.82. The summed E-state index contributed by atoms with van der Waals surface area (Å²) in [6.07, 6.45) is 5.46. The minimum absolute atomic E-state index is 0. The molecule has 15 heavy (non-hydrogen) atoms. The molecule has 1 saturated carbocycles. The van der Waals surface area contributed by atoms with Crippen LogP contribution in [-0.2, 0) is 6.54 Å². The highest BCUT2D eigenvalue weighted by atomic mass is 35.5. The number of benzene rings is 1. The first-order chi connectivity index (χ1) is 6.84. The van der Waals surface area contributed by atoms with E-state index < -0.39 is 0 Å². The van der Waals surface area contributed by atoms with Crippen LogP contribution in [0, 0.1) is 0 Å². The fraction of sp³-hybridized carbons (Fsp3) is 0.500. The predicted molar refractivity (Wildman–Crippen MR) is 67.8 cm³/mol. The van der Waals surface area contributed by atoms with E-state index in [0.29, 0.717) is 0 Å². The minimum Gasteiger partial charge on any atom is -0.310 e. The monoisotopic (exact) mass is 245 g/mol. The van der Waals surface area contributed by atoms with Gasteiger partial charge in [0.05, 0.1) is 0 Å². The fourth-order valence-corrected chi connectivity index (χ4v) is 2.12. The van der Waals surface area contributed by atoms with E-state index in [1.807, 2.05) is 12.1 Å². The van der Waals surface area contributed by atoms with Gasteiger partial charge in [0.1, 0.15) is 0 Å². The Morgan fingerprint density at radius 3 is 2.33 bits per heavy atom. The van der Waals surface area contributed by atoms with Crippen LogP contribution in [0.2, 0.25) is 5.02 Å². The van der Waals surface area contributed by atoms with E-state index >= 15 is 0 Å². The molecule has 0 bridgehead atoms. The second kappa shape index (κ2) is 6.37. The van der Waals surface area contributed by atoms with Gasteiger partial charge in [-0.2, -0.15) is 0 Å². The first-order valence-corrected chi connectivity index (χ1v) is 5.70. The maximum atomic E-state index is 5.82. The molecule has 0 heterocycles. The van der Waals surface area contributed by atoms with Gasteiger partial charge < -0.3 is 5.32 Å². The first-order valence-electron chi connectivity index (χ1n) is 5.32. The summed E-state index contributed by atoms with van der Waals surface area (Å²) < 4.78 is 0. The van der Waals surface area contributed by atoms with Crippen molar-refractivity contribution in [3.63, 3.8) is 0 Å². The van der Waals surface area contributed by atoms with Gasteiger partial charge in [-0.25, -0.2) is 0 Å². The molecule has 0 aliphatic heterocycles. The lowest BCUT2D eigenvalue weighted by atomic mass is 10.2. The summed E-state index contributed by atoms with van der Waals surface area (Å²) in [4.78, 5) is 0. The van der Waals surface area contributed by atoms with Crippen LogP contribution < -0.4 is 5.32 Å². The van der Waals surface area contributed by atoms with E-state index in [1.54, 1.807) is 0 Å². The SMILES string of the molecule is Cl.Clc1ccc(CNC2CCCC2)cc1. The van der Waals surface area contributed by atoms with Gasteiger partial charge in [0.15, 0.2) is 0 Å². The van der Waals surface area contributed by atoms with Crippen LogP contribution in [0.3, 0.4) is 0 Å². The van der Waals surface area contributed by atoms with Gasteiger partial charge in [-0.1, -0.05) is 36.6 Å². The van der Waals surface area contributed by atoms with Crippen LogP contribution in [0.1, 0.15) is 31.2 Å². The molecule has 1 fully saturated rings. The van der Waals surface area contributed by atoms with Crippen LogP contribution in [0.15, 0.2) is 24.3 Å². The molecule has 0 unspecified atom stereocenters. The lowest BCUT2D eigenvalue weighted by Crippen LogP contribution is -2.25. The van der Waals surface area contributed by atoms with Crippen LogP contribution in [0.25, 0.3) is 0 Å². The topological polar surface area (TPSA) is 12.0 Å². The molecule has 0 spiro atoms. The lowest BCUT2D eigenvalue weighted by Gasteiger charge is -2.11. The average Bonchev–Trinajstić information content (AvgIpc) is 2.70. The van der Waals surface area contributed by atoms with Crippen LogP contribution in [-0.4, -0.2) is 6.04 Å². The van der Waals surface area contributed by atoms with Crippen molar-refractivity contribution >= 4 is 24.0 Å². The second-order valence-corrected chi connectivity index (χ2v) is 4.43. The summed E-state index contributed by atoms with van der Waals surface area (Å²) in [5, 5.41) is 4.39. The summed E-state index contributed by atoms with van der Waals surface area (Å²) in [5.41, 5.74) is 1.32. The Labute approximate surface area is 103 Å². The number of rotatable bonds is 3. The number of nitrogens with one attached hydrogen (secondary N) is 1. The zero-order valence-corrected chi connectivity index (χ0v) is 10.3. The van der Waals surface area contributed by atoms with E-state index in [2.05, 4.69) is 17.4 Å². The van der Waals surface area contributed by atoms with E-state index in [4.69, 9.17) is 11.6 Å². The fourth-order valence-electron chi connectivity index (χ4n) is 1.99. The maximum Gasteiger partial charge on any atom is 0.0406 e. The van der Waals surface area contributed by atoms with Crippen molar-refractivity contribution in [1.29, 1.82) is 0 Å². The first kappa shape index (κ1) is 12.8. The standard InChI is InChI=1S/C12H16ClN.ClH/c13-11-7-5-10(6-8-11)9-14-12-3-1-2-4-12;/h5-8,12,14H,1-4,9H2;1H. The molecule has 0 radical (unpaired) electrons. The highest BCUT2D eigenvalue weighted by Crippen LogP contribution is 2.18. The van der Waals surface area contributed by atoms with Crippen molar-refractivity contribution in [2.45, 2.75) is 38.3 Å². The minimum atomic E-state index is 0. The molecule has 0 amide bonds. The highest BCUT2D eigenvalue weighted by molar-refractivity contribution is 6.30. The van der Waals surface area contributed by atoms with Gasteiger partial charge in [-0.15, -0.1) is 12.4 Å². The molecular weight excluding hydrogens is 229 g/mol. The molecule has 1 aromatic carbocycles. The zero-order chi connectivity index (χ0) is 9.80. The third-order valence-electron chi connectivity index (χ3n) is 2.86. The summed E-state index contributed by atoms with van der Waals surface area (Å²) in [7, 11) is 0. The number of hydrogen-bond donors (Lipinski definition) is 1. The van der Waals surface area contributed by atoms with Gasteiger partial charge in [-0.3, -0.25) is 0 Å². The Bertz CT molecular complexity index is 278. The largest absolute Gasteiger partial charge is 0.310 e. The molecular formula is C12H17Cl2N. The Morgan fingerprint density at radius 1 is 1.13 bits per heavy atom. The third kappa shape index (κ3) is 4.02.